The molecule has 0 aromatic heterocycles. The van der Waals surface area contributed by atoms with Crippen LogP contribution < -0.4 is 0 Å². The molecule has 0 bridgehead atoms. The lowest BCUT2D eigenvalue weighted by Crippen LogP contribution is -2.00. The highest BCUT2D eigenvalue weighted by molar-refractivity contribution is 9.10. The molecule has 0 aliphatic carbocycles. The van der Waals surface area contributed by atoms with Crippen molar-refractivity contribution in [1.82, 2.24) is 0 Å². The number of benzene rings is 2. The Morgan fingerprint density at radius 3 is 2.45 bits per heavy atom. The molecule has 1 unspecified atom stereocenters. The lowest BCUT2D eigenvalue weighted by molar-refractivity contribution is 0.0697. The van der Waals surface area contributed by atoms with E-state index >= 15 is 0 Å². The molecule has 20 heavy (non-hydrogen) atoms. The van der Waals surface area contributed by atoms with Crippen LogP contribution in [0.4, 0.5) is 4.39 Å². The minimum absolute atomic E-state index is 0.137. The Labute approximate surface area is 126 Å². The van der Waals surface area contributed by atoms with Crippen LogP contribution in [-0.4, -0.2) is 15.3 Å². The lowest BCUT2D eigenvalue weighted by atomic mass is 10.2. The molecule has 0 aliphatic heterocycles. The summed E-state index contributed by atoms with van der Waals surface area (Å²) in [4.78, 5) is 11.2. The van der Waals surface area contributed by atoms with Crippen molar-refractivity contribution in [1.29, 1.82) is 0 Å². The van der Waals surface area contributed by atoms with Gasteiger partial charge in [-0.1, -0.05) is 12.1 Å². The summed E-state index contributed by atoms with van der Waals surface area (Å²) in [6.45, 7) is 0. The Hall–Kier alpha value is -1.53. The Kier molecular flexibility index (Phi) is 4.67. The Balaban J connectivity index is 2.20. The first-order valence-electron chi connectivity index (χ1n) is 5.63. The van der Waals surface area contributed by atoms with E-state index in [1.165, 1.54) is 30.3 Å². The van der Waals surface area contributed by atoms with Crippen LogP contribution >= 0.6 is 15.9 Å². The molecular formula is C14H10BrFO3S. The number of aromatic carboxylic acids is 1. The average molecular weight is 357 g/mol. The minimum Gasteiger partial charge on any atom is -0.478 e. The summed E-state index contributed by atoms with van der Waals surface area (Å²) in [6, 6.07) is 10.4. The normalized spacial score (nSPS) is 12.1. The fraction of sp³-hybridized carbons (Fsp3) is 0.0714. The molecule has 3 nitrogen and oxygen atoms in total. The highest BCUT2D eigenvalue weighted by Crippen LogP contribution is 2.23. The molecule has 0 spiro atoms. The maximum atomic E-state index is 13.4. The summed E-state index contributed by atoms with van der Waals surface area (Å²) in [5, 5.41) is 8.79. The SMILES string of the molecule is O=C(O)c1ccc(S(=O)Cc2cccc(F)c2Br)cc1. The summed E-state index contributed by atoms with van der Waals surface area (Å²) in [5.41, 5.74) is 0.739. The first kappa shape index (κ1) is 14.9. The van der Waals surface area contributed by atoms with Gasteiger partial charge in [0.15, 0.2) is 0 Å². The molecule has 0 fully saturated rings. The van der Waals surface area contributed by atoms with Crippen LogP contribution in [0.2, 0.25) is 0 Å². The Bertz CT molecular complexity index is 671. The molecule has 1 N–H and O–H groups in total. The molecule has 0 heterocycles. The zero-order valence-electron chi connectivity index (χ0n) is 10.2. The second kappa shape index (κ2) is 6.28. The molecule has 2 aromatic carbocycles. The number of carboxylic acid groups (broad SMARTS) is 1. The summed E-state index contributed by atoms with van der Waals surface area (Å²) < 4.78 is 25.8. The van der Waals surface area contributed by atoms with Gasteiger partial charge in [0.05, 0.1) is 26.6 Å². The van der Waals surface area contributed by atoms with Crippen molar-refractivity contribution in [2.75, 3.05) is 0 Å². The molecule has 6 heteroatoms. The van der Waals surface area contributed by atoms with Crippen molar-refractivity contribution in [3.63, 3.8) is 0 Å². The van der Waals surface area contributed by atoms with Gasteiger partial charge in [0.1, 0.15) is 5.82 Å². The number of carbonyl (C=O) groups is 1. The van der Waals surface area contributed by atoms with E-state index in [4.69, 9.17) is 5.11 Å². The zero-order valence-corrected chi connectivity index (χ0v) is 12.6. The predicted octanol–water partition coefficient (Wildman–Crippen LogP) is 3.59. The van der Waals surface area contributed by atoms with Crippen LogP contribution in [0.15, 0.2) is 51.8 Å². The molecule has 0 saturated heterocycles. The van der Waals surface area contributed by atoms with E-state index in [-0.39, 0.29) is 11.3 Å². The van der Waals surface area contributed by atoms with Gasteiger partial charge in [0.25, 0.3) is 0 Å². The van der Waals surface area contributed by atoms with Gasteiger partial charge >= 0.3 is 5.97 Å². The van der Waals surface area contributed by atoms with Gasteiger partial charge in [0.2, 0.25) is 0 Å². The molecule has 104 valence electrons. The smallest absolute Gasteiger partial charge is 0.335 e. The van der Waals surface area contributed by atoms with E-state index in [0.29, 0.717) is 14.9 Å². The minimum atomic E-state index is -1.36. The van der Waals surface area contributed by atoms with Crippen molar-refractivity contribution >= 4 is 32.7 Å². The summed E-state index contributed by atoms with van der Waals surface area (Å²) in [7, 11) is -1.36. The third-order valence-electron chi connectivity index (χ3n) is 2.68. The van der Waals surface area contributed by atoms with Crippen LogP contribution in [0.3, 0.4) is 0 Å². The van der Waals surface area contributed by atoms with E-state index in [9.17, 15) is 13.4 Å². The van der Waals surface area contributed by atoms with Crippen molar-refractivity contribution < 1.29 is 18.5 Å². The summed E-state index contributed by atoms with van der Waals surface area (Å²) in [5.74, 6) is -1.28. The van der Waals surface area contributed by atoms with Crippen LogP contribution in [0.25, 0.3) is 0 Å². The largest absolute Gasteiger partial charge is 0.478 e. The van der Waals surface area contributed by atoms with Crippen LogP contribution in [-0.2, 0) is 16.6 Å². The molecule has 0 saturated carbocycles. The fourth-order valence-corrected chi connectivity index (χ4v) is 3.35. The molecule has 2 rings (SSSR count). The standard InChI is InChI=1S/C14H10BrFO3S/c15-13-10(2-1-3-12(13)16)8-20(19)11-6-4-9(5-7-11)14(17)18/h1-7H,8H2,(H,17,18). The van der Waals surface area contributed by atoms with Gasteiger partial charge in [-0.05, 0) is 51.8 Å². The van der Waals surface area contributed by atoms with E-state index in [0.717, 1.165) is 0 Å². The van der Waals surface area contributed by atoms with Crippen LogP contribution in [0, 0.1) is 5.82 Å². The van der Waals surface area contributed by atoms with E-state index < -0.39 is 22.6 Å². The fourth-order valence-electron chi connectivity index (χ4n) is 1.63. The van der Waals surface area contributed by atoms with Crippen molar-refractivity contribution in [2.24, 2.45) is 0 Å². The van der Waals surface area contributed by atoms with Crippen LogP contribution in [0.5, 0.6) is 0 Å². The van der Waals surface area contributed by atoms with Gasteiger partial charge in [-0.2, -0.15) is 0 Å². The van der Waals surface area contributed by atoms with E-state index in [1.807, 2.05) is 0 Å². The third kappa shape index (κ3) is 3.32. The molecule has 0 radical (unpaired) electrons. The Morgan fingerprint density at radius 1 is 1.20 bits per heavy atom. The van der Waals surface area contributed by atoms with Crippen molar-refractivity contribution in [2.45, 2.75) is 10.6 Å². The highest BCUT2D eigenvalue weighted by atomic mass is 79.9. The number of carboxylic acids is 1. The Morgan fingerprint density at radius 2 is 1.85 bits per heavy atom. The maximum Gasteiger partial charge on any atom is 0.335 e. The van der Waals surface area contributed by atoms with Crippen molar-refractivity contribution in [3.8, 4) is 0 Å². The van der Waals surface area contributed by atoms with Gasteiger partial charge in [-0.25, -0.2) is 9.18 Å². The second-order valence-corrected chi connectivity index (χ2v) is 6.28. The third-order valence-corrected chi connectivity index (χ3v) is 4.94. The van der Waals surface area contributed by atoms with E-state index in [1.54, 1.807) is 12.1 Å². The summed E-state index contributed by atoms with van der Waals surface area (Å²) >= 11 is 3.12. The lowest BCUT2D eigenvalue weighted by Gasteiger charge is -2.06. The van der Waals surface area contributed by atoms with Gasteiger partial charge < -0.3 is 5.11 Å². The average Bonchev–Trinajstić information content (AvgIpc) is 2.44. The van der Waals surface area contributed by atoms with Gasteiger partial charge in [-0.15, -0.1) is 0 Å². The van der Waals surface area contributed by atoms with Crippen LogP contribution in [0.1, 0.15) is 15.9 Å². The number of rotatable bonds is 4. The predicted molar refractivity (Wildman–Crippen MR) is 77.6 cm³/mol. The zero-order chi connectivity index (χ0) is 14.7. The molecule has 0 aliphatic rings. The summed E-state index contributed by atoms with van der Waals surface area (Å²) in [6.07, 6.45) is 0. The topological polar surface area (TPSA) is 54.4 Å². The second-order valence-electron chi connectivity index (χ2n) is 4.03. The monoisotopic (exact) mass is 356 g/mol. The van der Waals surface area contributed by atoms with Gasteiger partial charge in [0, 0.05) is 4.90 Å². The maximum absolute atomic E-state index is 13.4. The number of hydrogen-bond acceptors (Lipinski definition) is 2. The molecular weight excluding hydrogens is 347 g/mol. The van der Waals surface area contributed by atoms with Gasteiger partial charge in [-0.3, -0.25) is 4.21 Å². The molecule has 1 atom stereocenters. The first-order chi connectivity index (χ1) is 9.49. The number of halogens is 2. The highest BCUT2D eigenvalue weighted by Gasteiger charge is 2.11. The molecule has 2 aromatic rings. The van der Waals surface area contributed by atoms with Crippen molar-refractivity contribution in [3.05, 3.63) is 63.9 Å². The van der Waals surface area contributed by atoms with E-state index in [2.05, 4.69) is 15.9 Å². The number of hydrogen-bond donors (Lipinski definition) is 1. The first-order valence-corrected chi connectivity index (χ1v) is 7.75. The quantitative estimate of drug-likeness (QED) is 0.910. The molecule has 0 amide bonds.